The fraction of sp³-hybridized carbons (Fsp3) is 0.286. The Morgan fingerprint density at radius 3 is 2.56 bits per heavy atom. The van der Waals surface area contributed by atoms with Gasteiger partial charge in [0.15, 0.2) is 0 Å². The molecule has 2 unspecified atom stereocenters. The van der Waals surface area contributed by atoms with Crippen LogP contribution in [0.2, 0.25) is 0 Å². The van der Waals surface area contributed by atoms with E-state index in [1.54, 1.807) is 12.1 Å². The quantitative estimate of drug-likeness (QED) is 0.453. The van der Waals surface area contributed by atoms with E-state index in [4.69, 9.17) is 14.2 Å². The fourth-order valence-electron chi connectivity index (χ4n) is 3.38. The zero-order chi connectivity index (χ0) is 22.7. The van der Waals surface area contributed by atoms with E-state index in [1.807, 2.05) is 4.83 Å². The minimum atomic E-state index is -4.21. The lowest BCUT2D eigenvalue weighted by Gasteiger charge is -2.17. The molecule has 4 rings (SSSR count). The molecule has 0 saturated carbocycles. The maximum atomic E-state index is 12.9. The summed E-state index contributed by atoms with van der Waals surface area (Å²) in [7, 11) is -4.21. The molecule has 1 saturated heterocycles. The number of hydrogen-bond acceptors (Lipinski definition) is 7. The van der Waals surface area contributed by atoms with Gasteiger partial charge in [-0.15, -0.1) is 5.17 Å². The van der Waals surface area contributed by atoms with E-state index in [0.717, 1.165) is 5.56 Å². The van der Waals surface area contributed by atoms with Crippen LogP contribution in [-0.4, -0.2) is 50.3 Å². The Bertz CT molecular complexity index is 1100. The van der Waals surface area contributed by atoms with Gasteiger partial charge in [-0.1, -0.05) is 17.0 Å². The van der Waals surface area contributed by atoms with Gasteiger partial charge in [0.25, 0.3) is 15.9 Å². The smallest absolute Gasteiger partial charge is 0.289 e. The topological polar surface area (TPSA) is 114 Å². The Morgan fingerprint density at radius 1 is 1.16 bits per heavy atom. The van der Waals surface area contributed by atoms with Crippen LogP contribution in [-0.2, 0) is 30.7 Å². The summed E-state index contributed by atoms with van der Waals surface area (Å²) >= 11 is 0. The maximum absolute atomic E-state index is 12.9. The van der Waals surface area contributed by atoms with E-state index in [2.05, 4.69) is 0 Å². The fourth-order valence-corrected chi connectivity index (χ4v) is 4.29. The first-order valence-corrected chi connectivity index (χ1v) is 11.3. The van der Waals surface area contributed by atoms with Gasteiger partial charge in [0.2, 0.25) is 0 Å². The Kier molecular flexibility index (Phi) is 6.53. The second kappa shape index (κ2) is 9.35. The largest absolute Gasteiger partial charge is 0.493 e. The van der Waals surface area contributed by atoms with Crippen LogP contribution in [0.25, 0.3) is 0 Å². The van der Waals surface area contributed by atoms with Gasteiger partial charge in [0.1, 0.15) is 24.5 Å². The predicted octanol–water partition coefficient (Wildman–Crippen LogP) is 1.93. The molecule has 9 nitrogen and oxygen atoms in total. The van der Waals surface area contributed by atoms with Crippen molar-refractivity contribution in [3.8, 4) is 5.75 Å². The molecule has 1 heterocycles. The number of hydrogen-bond donors (Lipinski definition) is 2. The summed E-state index contributed by atoms with van der Waals surface area (Å²) in [4.78, 5) is 14.0. The number of rotatable bonds is 8. The van der Waals surface area contributed by atoms with Gasteiger partial charge < -0.3 is 14.2 Å². The van der Waals surface area contributed by atoms with E-state index in [1.165, 1.54) is 42.5 Å². The van der Waals surface area contributed by atoms with Crippen molar-refractivity contribution in [2.45, 2.75) is 29.9 Å². The zero-order valence-electron chi connectivity index (χ0n) is 16.8. The molecular weight excluding hydrogens is 443 g/mol. The van der Waals surface area contributed by atoms with Crippen molar-refractivity contribution in [3.05, 3.63) is 71.6 Å². The van der Waals surface area contributed by atoms with Gasteiger partial charge in [-0.05, 0) is 48.0 Å². The van der Waals surface area contributed by atoms with Gasteiger partial charge in [0.05, 0.1) is 17.6 Å². The molecule has 1 aliphatic heterocycles. The number of halogens is 1. The number of carbonyl (C=O) groups excluding carboxylic acids is 1. The van der Waals surface area contributed by atoms with Crippen LogP contribution in [0.4, 0.5) is 4.39 Å². The molecule has 170 valence electrons. The van der Waals surface area contributed by atoms with Crippen LogP contribution in [0.3, 0.4) is 0 Å². The number of fused-ring (bicyclic) bond motifs is 1. The molecule has 1 aliphatic carbocycles. The molecule has 0 radical (unpaired) electrons. The molecule has 2 aromatic rings. The number of hydroxylamine groups is 1. The van der Waals surface area contributed by atoms with Gasteiger partial charge in [-0.25, -0.2) is 12.8 Å². The Morgan fingerprint density at radius 2 is 1.88 bits per heavy atom. The second-order valence-electron chi connectivity index (χ2n) is 7.26. The summed E-state index contributed by atoms with van der Waals surface area (Å²) in [5.41, 5.74) is 1.09. The van der Waals surface area contributed by atoms with Gasteiger partial charge in [-0.2, -0.15) is 0 Å². The second-order valence-corrected chi connectivity index (χ2v) is 8.92. The van der Waals surface area contributed by atoms with Crippen molar-refractivity contribution >= 4 is 15.9 Å². The van der Waals surface area contributed by atoms with Crippen molar-refractivity contribution in [1.82, 2.24) is 10.0 Å². The molecule has 0 aromatic heterocycles. The minimum absolute atomic E-state index is 0.0602. The average molecular weight is 464 g/mol. The SMILES string of the molecule is O=C(C1=CC2OCOC2C1)N(O)NS(=O)(=O)c1ccc(OCCc2ccc(F)cc2)cc1. The molecule has 2 atom stereocenters. The lowest BCUT2D eigenvalue weighted by molar-refractivity contribution is -0.167. The molecule has 1 amide bonds. The molecule has 2 aromatic carbocycles. The normalized spacial score (nSPS) is 20.0. The monoisotopic (exact) mass is 464 g/mol. The van der Waals surface area contributed by atoms with E-state index in [-0.39, 0.29) is 46.9 Å². The summed E-state index contributed by atoms with van der Waals surface area (Å²) in [6, 6.07) is 11.5. The first-order chi connectivity index (χ1) is 15.3. The number of nitrogens with one attached hydrogen (secondary N) is 1. The van der Waals surface area contributed by atoms with E-state index < -0.39 is 15.9 Å². The summed E-state index contributed by atoms with van der Waals surface area (Å²) in [5.74, 6) is -0.782. The number of hydrazine groups is 1. The van der Waals surface area contributed by atoms with Crippen molar-refractivity contribution in [2.75, 3.05) is 13.4 Å². The third-order valence-corrected chi connectivity index (χ3v) is 6.38. The molecule has 1 fully saturated rings. The summed E-state index contributed by atoms with van der Waals surface area (Å²) < 4.78 is 54.0. The van der Waals surface area contributed by atoms with Crippen LogP contribution in [0, 0.1) is 5.82 Å². The van der Waals surface area contributed by atoms with Crippen LogP contribution < -0.4 is 9.57 Å². The number of nitrogens with zero attached hydrogens (tertiary/aromatic N) is 1. The number of carbonyl (C=O) groups is 1. The third-order valence-electron chi connectivity index (χ3n) is 5.08. The third kappa shape index (κ3) is 5.14. The van der Waals surface area contributed by atoms with Crippen LogP contribution in [0.1, 0.15) is 12.0 Å². The highest BCUT2D eigenvalue weighted by Gasteiger charge is 2.38. The highest BCUT2D eigenvalue weighted by molar-refractivity contribution is 7.89. The van der Waals surface area contributed by atoms with Crippen molar-refractivity contribution in [2.24, 2.45) is 0 Å². The molecule has 0 spiro atoms. The van der Waals surface area contributed by atoms with Gasteiger partial charge in [-0.3, -0.25) is 10.0 Å². The summed E-state index contributed by atoms with van der Waals surface area (Å²) in [6.07, 6.45) is 1.59. The molecular formula is C21H21FN2O7S. The standard InChI is InChI=1S/C21H21FN2O7S/c22-16-3-1-14(2-4-16)9-10-29-17-5-7-18(8-6-17)32(27,28)23-24(26)21(25)15-11-19-20(12-15)31-13-30-19/h1-8,11,19-20,23,26H,9-10,12-13H2. The van der Waals surface area contributed by atoms with E-state index in [0.29, 0.717) is 18.8 Å². The Balaban J connectivity index is 1.31. The van der Waals surface area contributed by atoms with Crippen LogP contribution in [0.5, 0.6) is 5.75 Å². The van der Waals surface area contributed by atoms with Crippen LogP contribution in [0.15, 0.2) is 65.1 Å². The minimum Gasteiger partial charge on any atom is -0.493 e. The first kappa shape index (κ1) is 22.4. The lowest BCUT2D eigenvalue weighted by atomic mass is 10.2. The van der Waals surface area contributed by atoms with Crippen molar-refractivity contribution in [3.63, 3.8) is 0 Å². The molecule has 32 heavy (non-hydrogen) atoms. The number of ether oxygens (including phenoxy) is 3. The highest BCUT2D eigenvalue weighted by Crippen LogP contribution is 2.29. The predicted molar refractivity (Wildman–Crippen MR) is 108 cm³/mol. The van der Waals surface area contributed by atoms with E-state index >= 15 is 0 Å². The molecule has 2 aliphatic rings. The van der Waals surface area contributed by atoms with Crippen molar-refractivity contribution < 1.29 is 37.0 Å². The highest BCUT2D eigenvalue weighted by atomic mass is 32.2. The zero-order valence-corrected chi connectivity index (χ0v) is 17.6. The summed E-state index contributed by atoms with van der Waals surface area (Å²) in [5, 5.41) is 9.90. The lowest BCUT2D eigenvalue weighted by Crippen LogP contribution is -2.44. The van der Waals surface area contributed by atoms with Gasteiger partial charge >= 0.3 is 0 Å². The van der Waals surface area contributed by atoms with E-state index in [9.17, 15) is 22.8 Å². The maximum Gasteiger partial charge on any atom is 0.289 e. The molecule has 2 N–H and O–H groups in total. The number of benzene rings is 2. The van der Waals surface area contributed by atoms with Crippen LogP contribution >= 0.6 is 0 Å². The number of amides is 1. The average Bonchev–Trinajstić information content (AvgIpc) is 3.37. The van der Waals surface area contributed by atoms with Crippen molar-refractivity contribution in [1.29, 1.82) is 0 Å². The molecule has 11 heteroatoms. The molecule has 0 bridgehead atoms. The Labute approximate surface area is 184 Å². The first-order valence-electron chi connectivity index (χ1n) is 9.79. The number of sulfonamides is 1. The van der Waals surface area contributed by atoms with Gasteiger partial charge in [0, 0.05) is 18.4 Å². The Hall–Kier alpha value is -2.83. The summed E-state index contributed by atoms with van der Waals surface area (Å²) in [6.45, 7) is 0.453.